The van der Waals surface area contributed by atoms with Gasteiger partial charge in [0, 0.05) is 18.0 Å². The number of ether oxygens (including phenoxy) is 2. The highest BCUT2D eigenvalue weighted by Crippen LogP contribution is 2.44. The Balaban J connectivity index is 1.92. The topological polar surface area (TPSA) is 104 Å². The molecule has 0 saturated carbocycles. The Hall–Kier alpha value is -1.70. The van der Waals surface area contributed by atoms with Crippen LogP contribution in [0.5, 0.6) is 11.9 Å². The van der Waals surface area contributed by atoms with Gasteiger partial charge in [-0.2, -0.15) is 9.97 Å². The Morgan fingerprint density at radius 2 is 1.62 bits per heavy atom. The van der Waals surface area contributed by atoms with Crippen molar-refractivity contribution in [3.63, 3.8) is 0 Å². The summed E-state index contributed by atoms with van der Waals surface area (Å²) in [6.45, 7) is 26.0. The summed E-state index contributed by atoms with van der Waals surface area (Å²) in [7, 11) is -0.899. The molecule has 0 aromatic carbocycles. The van der Waals surface area contributed by atoms with Gasteiger partial charge in [0.05, 0.1) is 44.7 Å². The number of aliphatic imine (C=N–C) groups is 1. The third-order valence-corrected chi connectivity index (χ3v) is 18.8. The molecule has 3 heterocycles. The summed E-state index contributed by atoms with van der Waals surface area (Å²) in [4.78, 5) is 16.1. The lowest BCUT2D eigenvalue weighted by atomic mass is 9.83. The maximum absolute atomic E-state index is 7.05. The zero-order valence-electron chi connectivity index (χ0n) is 27.3. The van der Waals surface area contributed by atoms with Gasteiger partial charge in [-0.3, -0.25) is 4.99 Å². The van der Waals surface area contributed by atoms with E-state index in [4.69, 9.17) is 29.0 Å². The van der Waals surface area contributed by atoms with Gasteiger partial charge in [-0.15, -0.1) is 0 Å². The Kier molecular flexibility index (Phi) is 9.75. The maximum Gasteiger partial charge on any atom is 0.319 e. The number of aromatic nitrogens is 2. The van der Waals surface area contributed by atoms with Crippen molar-refractivity contribution in [2.75, 3.05) is 20.8 Å². The molecule has 1 aromatic heterocycles. The highest BCUT2D eigenvalue weighted by molar-refractivity contribution is 6.74. The lowest BCUT2D eigenvalue weighted by Gasteiger charge is -2.50. The number of fused-ring (bicyclic) bond motifs is 1. The van der Waals surface area contributed by atoms with E-state index in [1.807, 2.05) is 6.07 Å². The van der Waals surface area contributed by atoms with E-state index in [1.165, 1.54) is 0 Å². The summed E-state index contributed by atoms with van der Waals surface area (Å²) in [6, 6.07) is 2.62. The van der Waals surface area contributed by atoms with Crippen molar-refractivity contribution < 1.29 is 18.3 Å². The number of hydrogen-bond acceptors (Lipinski definition) is 9. The largest absolute Gasteiger partial charge is 0.481 e. The molecule has 9 nitrogen and oxygen atoms in total. The van der Waals surface area contributed by atoms with Gasteiger partial charge in [-0.25, -0.2) is 0 Å². The second-order valence-corrected chi connectivity index (χ2v) is 24.1. The summed E-state index contributed by atoms with van der Waals surface area (Å²) in [6.07, 6.45) is 2.52. The first kappa shape index (κ1) is 32.8. The minimum atomic E-state index is -2.13. The highest BCUT2D eigenvalue weighted by Gasteiger charge is 2.48. The van der Waals surface area contributed by atoms with Gasteiger partial charge >= 0.3 is 6.01 Å². The summed E-state index contributed by atoms with van der Waals surface area (Å²) >= 11 is 0. The van der Waals surface area contributed by atoms with Crippen LogP contribution in [0.3, 0.4) is 0 Å². The molecule has 0 bridgehead atoms. The number of hydrogen-bond donors (Lipinski definition) is 1. The SMILES string of the molecule is COc1cc(C(CC[C@H]2C[C@H](O[Si](C)(C)C(C)(C)C)[C@H](C)[C@H]3CN=C(N)N23)O[Si](C)(C)C(C)(C)C)nc(OC)n1. The standard InChI is InChI=1S/C29H55N5O4Si2/c1-19-22-18-31-26(30)34(22)20(16-24(19)38-40(12,13)29(5,6)7)14-15-23(37-39(10,11)28(2,3)4)21-17-25(35-8)33-27(32-21)36-9/h17,19-20,22-24H,14-16,18H2,1-13H3,(H2,30,31)/t19-,20+,22-,23?,24+/m1/s1. The zero-order chi connectivity index (χ0) is 30.3. The number of methoxy groups -OCH3 is 2. The molecule has 2 aliphatic heterocycles. The van der Waals surface area contributed by atoms with E-state index in [1.54, 1.807) is 14.2 Å². The van der Waals surface area contributed by atoms with E-state index < -0.39 is 16.6 Å². The Morgan fingerprint density at radius 1 is 1.00 bits per heavy atom. The Morgan fingerprint density at radius 3 is 2.17 bits per heavy atom. The number of rotatable bonds is 10. The molecule has 40 heavy (non-hydrogen) atoms. The smallest absolute Gasteiger partial charge is 0.319 e. The zero-order valence-corrected chi connectivity index (χ0v) is 29.3. The van der Waals surface area contributed by atoms with Crippen molar-refractivity contribution in [1.29, 1.82) is 0 Å². The van der Waals surface area contributed by atoms with Crippen LogP contribution in [-0.4, -0.2) is 76.4 Å². The molecular formula is C29H55N5O4Si2. The van der Waals surface area contributed by atoms with Crippen LogP contribution >= 0.6 is 0 Å². The number of guanidine groups is 1. The molecule has 0 amide bonds. The van der Waals surface area contributed by atoms with Gasteiger partial charge in [0.25, 0.3) is 0 Å². The van der Waals surface area contributed by atoms with Crippen molar-refractivity contribution in [3.8, 4) is 11.9 Å². The fraction of sp³-hybridized carbons (Fsp3) is 0.828. The number of nitrogens with zero attached hydrogens (tertiary/aromatic N) is 4. The van der Waals surface area contributed by atoms with E-state index in [2.05, 4.69) is 89.5 Å². The van der Waals surface area contributed by atoms with Gasteiger partial charge in [-0.05, 0) is 55.5 Å². The summed E-state index contributed by atoms with van der Waals surface area (Å²) in [5.74, 6) is 1.47. The number of piperidine rings is 1. The first-order valence-electron chi connectivity index (χ1n) is 14.7. The minimum absolute atomic E-state index is 0.0476. The molecular weight excluding hydrogens is 539 g/mol. The van der Waals surface area contributed by atoms with Crippen LogP contribution in [0.2, 0.25) is 36.3 Å². The van der Waals surface area contributed by atoms with Crippen LogP contribution < -0.4 is 15.2 Å². The third kappa shape index (κ3) is 7.02. The van der Waals surface area contributed by atoms with Crippen molar-refractivity contribution >= 4 is 22.6 Å². The predicted octanol–water partition coefficient (Wildman–Crippen LogP) is 6.13. The summed E-state index contributed by atoms with van der Waals surface area (Å²) in [5, 5.41) is 0.198. The van der Waals surface area contributed by atoms with Gasteiger partial charge in [-0.1, -0.05) is 48.5 Å². The fourth-order valence-electron chi connectivity index (χ4n) is 5.14. The second-order valence-electron chi connectivity index (χ2n) is 14.6. The van der Waals surface area contributed by atoms with Crippen LogP contribution in [0.15, 0.2) is 11.1 Å². The molecule has 228 valence electrons. The molecule has 2 aliphatic rings. The van der Waals surface area contributed by atoms with Crippen LogP contribution in [0.1, 0.15) is 79.5 Å². The normalized spacial score (nSPS) is 24.9. The molecule has 3 rings (SSSR count). The molecule has 2 N–H and O–H groups in total. The molecule has 1 saturated heterocycles. The average molecular weight is 594 g/mol. The molecule has 11 heteroatoms. The fourth-order valence-corrected chi connectivity index (χ4v) is 7.87. The van der Waals surface area contributed by atoms with Gasteiger partial charge in [0.2, 0.25) is 5.88 Å². The van der Waals surface area contributed by atoms with E-state index in [0.29, 0.717) is 17.8 Å². The monoisotopic (exact) mass is 593 g/mol. The third-order valence-electron chi connectivity index (χ3n) is 9.83. The van der Waals surface area contributed by atoms with Gasteiger partial charge < -0.3 is 29.0 Å². The van der Waals surface area contributed by atoms with E-state index in [0.717, 1.165) is 31.5 Å². The molecule has 1 aromatic rings. The van der Waals surface area contributed by atoms with Crippen LogP contribution in [0.4, 0.5) is 0 Å². The van der Waals surface area contributed by atoms with Crippen molar-refractivity contribution in [1.82, 2.24) is 14.9 Å². The van der Waals surface area contributed by atoms with Crippen LogP contribution in [0, 0.1) is 5.92 Å². The summed E-state index contributed by atoms with van der Waals surface area (Å²) in [5.41, 5.74) is 7.29. The Labute approximate surface area is 244 Å². The van der Waals surface area contributed by atoms with Crippen molar-refractivity contribution in [3.05, 3.63) is 11.8 Å². The minimum Gasteiger partial charge on any atom is -0.481 e. The maximum atomic E-state index is 7.05. The molecule has 0 radical (unpaired) electrons. The molecule has 5 atom stereocenters. The summed E-state index contributed by atoms with van der Waals surface area (Å²) < 4.78 is 25.0. The van der Waals surface area contributed by atoms with Gasteiger partial charge in [0.1, 0.15) is 0 Å². The molecule has 1 fully saturated rings. The van der Waals surface area contributed by atoms with E-state index in [-0.39, 0.29) is 40.4 Å². The van der Waals surface area contributed by atoms with Crippen LogP contribution in [-0.2, 0) is 8.85 Å². The first-order valence-corrected chi connectivity index (χ1v) is 20.5. The highest BCUT2D eigenvalue weighted by atomic mass is 28.4. The van der Waals surface area contributed by atoms with Crippen molar-refractivity contribution in [2.24, 2.45) is 16.6 Å². The lowest BCUT2D eigenvalue weighted by Crippen LogP contribution is -2.60. The van der Waals surface area contributed by atoms with Crippen molar-refractivity contribution in [2.45, 2.75) is 128 Å². The van der Waals surface area contributed by atoms with Gasteiger partial charge in [0.15, 0.2) is 22.6 Å². The predicted molar refractivity (Wildman–Crippen MR) is 167 cm³/mol. The molecule has 1 unspecified atom stereocenters. The average Bonchev–Trinajstić information content (AvgIpc) is 3.24. The lowest BCUT2D eigenvalue weighted by molar-refractivity contribution is 0.00129. The van der Waals surface area contributed by atoms with E-state index >= 15 is 0 Å². The van der Waals surface area contributed by atoms with E-state index in [9.17, 15) is 0 Å². The number of nitrogens with two attached hydrogens (primary N) is 1. The quantitative estimate of drug-likeness (QED) is 0.323. The Bertz CT molecular complexity index is 1030. The first-order chi connectivity index (χ1) is 18.3. The second kappa shape index (κ2) is 11.9. The van der Waals surface area contributed by atoms with Crippen LogP contribution in [0.25, 0.3) is 0 Å². The molecule has 0 spiro atoms. The molecule has 0 aliphatic carbocycles.